The zero-order valence-electron chi connectivity index (χ0n) is 13.9. The van der Waals surface area contributed by atoms with Gasteiger partial charge in [-0.15, -0.1) is 0 Å². The molecule has 2 aromatic rings. The number of rotatable bonds is 1. The molecule has 0 saturated carbocycles. The number of phenols is 1. The van der Waals surface area contributed by atoms with Gasteiger partial charge >= 0.3 is 0 Å². The van der Waals surface area contributed by atoms with Gasteiger partial charge in [-0.3, -0.25) is 14.4 Å². The summed E-state index contributed by atoms with van der Waals surface area (Å²) in [6, 6.07) is 7.73. The number of Topliss-reactive ketones (excluding diaryl/α,β-unsaturated/α-hetero) is 1. The molecule has 2 aliphatic rings. The van der Waals surface area contributed by atoms with Crippen molar-refractivity contribution in [2.24, 2.45) is 0 Å². The van der Waals surface area contributed by atoms with E-state index in [1.54, 1.807) is 12.1 Å². The number of carbonyl (C=O) groups excluding carboxylic acids is 3. The molecule has 0 fully saturated rings. The predicted molar refractivity (Wildman–Crippen MR) is 90.3 cm³/mol. The molecule has 0 aromatic heterocycles. The molecule has 6 nitrogen and oxygen atoms in total. The average Bonchev–Trinajstić information content (AvgIpc) is 2.58. The van der Waals surface area contributed by atoms with Crippen molar-refractivity contribution in [3.05, 3.63) is 63.7 Å². The van der Waals surface area contributed by atoms with E-state index in [1.165, 1.54) is 25.1 Å². The molecular weight excluding hydrogens is 336 g/mol. The number of aliphatic hydroxyl groups excluding tert-OH is 1. The highest BCUT2D eigenvalue weighted by atomic mass is 16.3. The van der Waals surface area contributed by atoms with E-state index in [4.69, 9.17) is 0 Å². The van der Waals surface area contributed by atoms with Crippen molar-refractivity contribution < 1.29 is 29.7 Å². The lowest BCUT2D eigenvalue weighted by Crippen LogP contribution is -2.44. The first-order valence-electron chi connectivity index (χ1n) is 8.23. The zero-order valence-corrected chi connectivity index (χ0v) is 13.9. The Labute approximate surface area is 148 Å². The van der Waals surface area contributed by atoms with Crippen molar-refractivity contribution in [3.63, 3.8) is 0 Å². The van der Waals surface area contributed by atoms with E-state index in [0.29, 0.717) is 5.56 Å². The van der Waals surface area contributed by atoms with Crippen LogP contribution < -0.4 is 0 Å². The molecule has 2 aliphatic carbocycles. The highest BCUT2D eigenvalue weighted by Crippen LogP contribution is 2.45. The number of ketones is 3. The van der Waals surface area contributed by atoms with Crippen LogP contribution in [0.25, 0.3) is 0 Å². The van der Waals surface area contributed by atoms with Crippen LogP contribution in [0.4, 0.5) is 0 Å². The summed E-state index contributed by atoms with van der Waals surface area (Å²) >= 11 is 0. The summed E-state index contributed by atoms with van der Waals surface area (Å²) in [5.41, 5.74) is -1.07. The molecule has 26 heavy (non-hydrogen) atoms. The molecule has 0 amide bonds. The third-order valence-corrected chi connectivity index (χ3v) is 5.32. The fourth-order valence-corrected chi connectivity index (χ4v) is 3.90. The first kappa shape index (κ1) is 16.6. The topological polar surface area (TPSA) is 112 Å². The van der Waals surface area contributed by atoms with Crippen LogP contribution >= 0.6 is 0 Å². The van der Waals surface area contributed by atoms with Gasteiger partial charge in [0.15, 0.2) is 17.3 Å². The minimum Gasteiger partial charge on any atom is -0.507 e. The largest absolute Gasteiger partial charge is 0.507 e. The van der Waals surface area contributed by atoms with E-state index >= 15 is 0 Å². The molecule has 0 unspecified atom stereocenters. The molecule has 132 valence electrons. The molecule has 0 heterocycles. The normalized spacial score (nSPS) is 23.9. The number of carbonyl (C=O) groups is 3. The van der Waals surface area contributed by atoms with Crippen LogP contribution in [0.15, 0.2) is 30.3 Å². The van der Waals surface area contributed by atoms with Gasteiger partial charge in [0, 0.05) is 35.1 Å². The highest BCUT2D eigenvalue weighted by molar-refractivity contribution is 6.29. The Morgan fingerprint density at radius 3 is 2.35 bits per heavy atom. The Balaban J connectivity index is 1.97. The second kappa shape index (κ2) is 5.33. The number of phenolic OH excluding ortho intramolecular Hbond substituents is 1. The summed E-state index contributed by atoms with van der Waals surface area (Å²) < 4.78 is 0. The first-order valence-corrected chi connectivity index (χ1v) is 8.23. The number of hydrogen-bond acceptors (Lipinski definition) is 6. The number of fused-ring (bicyclic) bond motifs is 3. The maximum atomic E-state index is 12.8. The smallest absolute Gasteiger partial charge is 0.198 e. The molecule has 0 aliphatic heterocycles. The summed E-state index contributed by atoms with van der Waals surface area (Å²) in [4.78, 5) is 37.4. The van der Waals surface area contributed by atoms with E-state index in [9.17, 15) is 29.7 Å². The molecular formula is C20H16O6. The van der Waals surface area contributed by atoms with Gasteiger partial charge in [-0.25, -0.2) is 0 Å². The van der Waals surface area contributed by atoms with Crippen LogP contribution in [-0.4, -0.2) is 38.3 Å². The molecule has 6 heteroatoms. The maximum absolute atomic E-state index is 12.8. The van der Waals surface area contributed by atoms with Gasteiger partial charge in [0.05, 0.1) is 11.7 Å². The molecule has 3 N–H and O–H groups in total. The summed E-state index contributed by atoms with van der Waals surface area (Å²) in [6.07, 6.45) is -1.74. The van der Waals surface area contributed by atoms with Crippen LogP contribution in [0.2, 0.25) is 0 Å². The number of hydrogen-bond donors (Lipinski definition) is 3. The molecule has 0 saturated heterocycles. The fraction of sp³-hybridized carbons (Fsp3) is 0.250. The summed E-state index contributed by atoms with van der Waals surface area (Å²) in [5, 5.41) is 31.6. The Kier molecular flexibility index (Phi) is 3.41. The predicted octanol–water partition coefficient (Wildman–Crippen LogP) is 1.47. The fourth-order valence-electron chi connectivity index (χ4n) is 3.90. The van der Waals surface area contributed by atoms with Gasteiger partial charge in [-0.05, 0) is 18.6 Å². The van der Waals surface area contributed by atoms with Crippen molar-refractivity contribution in [2.75, 3.05) is 0 Å². The highest BCUT2D eigenvalue weighted by Gasteiger charge is 2.44. The molecule has 2 aromatic carbocycles. The van der Waals surface area contributed by atoms with Crippen molar-refractivity contribution in [2.45, 2.75) is 31.5 Å². The minimum absolute atomic E-state index is 0.0185. The van der Waals surface area contributed by atoms with Gasteiger partial charge in [0.2, 0.25) is 0 Å². The van der Waals surface area contributed by atoms with E-state index in [0.717, 1.165) is 0 Å². The number of aromatic hydroxyl groups is 1. The van der Waals surface area contributed by atoms with Crippen LogP contribution in [0.1, 0.15) is 62.4 Å². The molecule has 0 spiro atoms. The van der Waals surface area contributed by atoms with Crippen molar-refractivity contribution in [1.82, 2.24) is 0 Å². The van der Waals surface area contributed by atoms with Gasteiger partial charge in [0.25, 0.3) is 0 Å². The SMILES string of the molecule is CC(=O)[C@]1(O)Cc2cc3c(c(O)c2[C@@H](O)C1)C(=O)c1ccccc1C3=O. The second-order valence-electron chi connectivity index (χ2n) is 6.91. The van der Waals surface area contributed by atoms with Gasteiger partial charge in [0.1, 0.15) is 11.4 Å². The third kappa shape index (κ3) is 2.09. The van der Waals surface area contributed by atoms with Crippen molar-refractivity contribution >= 4 is 17.3 Å². The summed E-state index contributed by atoms with van der Waals surface area (Å²) in [7, 11) is 0. The second-order valence-corrected chi connectivity index (χ2v) is 6.91. The quantitative estimate of drug-likeness (QED) is 0.611. The van der Waals surface area contributed by atoms with Crippen LogP contribution in [-0.2, 0) is 11.2 Å². The minimum atomic E-state index is -1.77. The molecule has 0 radical (unpaired) electrons. The molecule has 2 atom stereocenters. The van der Waals surface area contributed by atoms with Gasteiger partial charge < -0.3 is 15.3 Å². The van der Waals surface area contributed by atoms with Crippen LogP contribution in [0, 0.1) is 0 Å². The third-order valence-electron chi connectivity index (χ3n) is 5.32. The lowest BCUT2D eigenvalue weighted by molar-refractivity contribution is -0.139. The van der Waals surface area contributed by atoms with Crippen molar-refractivity contribution in [1.29, 1.82) is 0 Å². The number of benzene rings is 2. The average molecular weight is 352 g/mol. The van der Waals surface area contributed by atoms with E-state index in [2.05, 4.69) is 0 Å². The summed E-state index contributed by atoms with van der Waals surface area (Å²) in [5.74, 6) is -1.87. The van der Waals surface area contributed by atoms with Crippen molar-refractivity contribution in [3.8, 4) is 5.75 Å². The zero-order chi connectivity index (χ0) is 18.8. The van der Waals surface area contributed by atoms with E-state index in [-0.39, 0.29) is 40.7 Å². The Bertz CT molecular complexity index is 1010. The Morgan fingerprint density at radius 2 is 1.73 bits per heavy atom. The van der Waals surface area contributed by atoms with E-state index < -0.39 is 34.8 Å². The van der Waals surface area contributed by atoms with Gasteiger partial charge in [-0.1, -0.05) is 24.3 Å². The Morgan fingerprint density at radius 1 is 1.12 bits per heavy atom. The van der Waals surface area contributed by atoms with Crippen LogP contribution in [0.5, 0.6) is 5.75 Å². The molecule has 4 rings (SSSR count). The maximum Gasteiger partial charge on any atom is 0.198 e. The Hall–Kier alpha value is -2.83. The lowest BCUT2D eigenvalue weighted by Gasteiger charge is -2.36. The number of aliphatic hydroxyl groups is 2. The van der Waals surface area contributed by atoms with Gasteiger partial charge in [-0.2, -0.15) is 0 Å². The van der Waals surface area contributed by atoms with E-state index in [1.807, 2.05) is 0 Å². The summed E-state index contributed by atoms with van der Waals surface area (Å²) in [6.45, 7) is 1.22. The van der Waals surface area contributed by atoms with Crippen LogP contribution in [0.3, 0.4) is 0 Å². The lowest BCUT2D eigenvalue weighted by atomic mass is 9.73. The standard InChI is InChI=1S/C20H16O6/c1-9(21)20(26)7-10-6-13-16(19(25)15(10)14(22)8-20)18(24)12-5-3-2-4-11(12)17(13)23/h2-6,14,22,25-26H,7-8H2,1H3/t14-,20-/m0/s1. The monoisotopic (exact) mass is 352 g/mol. The first-order chi connectivity index (χ1) is 12.2. The molecule has 0 bridgehead atoms.